The van der Waals surface area contributed by atoms with Crippen molar-refractivity contribution in [3.63, 3.8) is 0 Å². The highest BCUT2D eigenvalue weighted by Gasteiger charge is 2.38. The number of halogens is 4. The molecule has 4 nitrogen and oxygen atoms in total. The van der Waals surface area contributed by atoms with Crippen LogP contribution in [0.25, 0.3) is 6.08 Å². The molecule has 0 atom stereocenters. The van der Waals surface area contributed by atoms with Gasteiger partial charge < -0.3 is 10.6 Å². The molecule has 0 saturated carbocycles. The van der Waals surface area contributed by atoms with Gasteiger partial charge in [0.05, 0.1) is 0 Å². The SMILES string of the molecule is O=C(/C=C/c1ccc(F)cc1)Nc1ccc(CNC(=O)C(F)(F)F)cc1. The number of anilines is 1. The summed E-state index contributed by atoms with van der Waals surface area (Å²) in [7, 11) is 0. The van der Waals surface area contributed by atoms with Crippen molar-refractivity contribution in [3.8, 4) is 0 Å². The number of alkyl halides is 3. The van der Waals surface area contributed by atoms with Crippen molar-refractivity contribution in [2.75, 3.05) is 5.32 Å². The van der Waals surface area contributed by atoms with E-state index in [1.807, 2.05) is 0 Å². The third-order valence-electron chi connectivity index (χ3n) is 3.23. The average Bonchev–Trinajstić information content (AvgIpc) is 2.59. The number of hydrogen-bond donors (Lipinski definition) is 2. The number of rotatable bonds is 5. The Kier molecular flexibility index (Phi) is 6.11. The van der Waals surface area contributed by atoms with Crippen LogP contribution in [0.4, 0.5) is 23.2 Å². The molecule has 2 rings (SSSR count). The molecule has 136 valence electrons. The Morgan fingerprint density at radius 3 is 2.15 bits per heavy atom. The fourth-order valence-electron chi connectivity index (χ4n) is 1.92. The Morgan fingerprint density at radius 1 is 0.962 bits per heavy atom. The van der Waals surface area contributed by atoms with E-state index in [0.717, 1.165) is 0 Å². The number of carbonyl (C=O) groups excluding carboxylic acids is 2. The Hall–Kier alpha value is -3.16. The number of carbonyl (C=O) groups is 2. The van der Waals surface area contributed by atoms with E-state index >= 15 is 0 Å². The number of benzene rings is 2. The van der Waals surface area contributed by atoms with E-state index in [2.05, 4.69) is 5.32 Å². The zero-order valence-corrected chi connectivity index (χ0v) is 13.3. The zero-order chi connectivity index (χ0) is 19.2. The van der Waals surface area contributed by atoms with Gasteiger partial charge in [-0.15, -0.1) is 0 Å². The van der Waals surface area contributed by atoms with E-state index in [1.54, 1.807) is 5.32 Å². The van der Waals surface area contributed by atoms with Crippen LogP contribution in [0.2, 0.25) is 0 Å². The highest BCUT2D eigenvalue weighted by molar-refractivity contribution is 6.01. The first-order valence-electron chi connectivity index (χ1n) is 7.42. The second-order valence-corrected chi connectivity index (χ2v) is 5.25. The van der Waals surface area contributed by atoms with Crippen LogP contribution in [-0.4, -0.2) is 18.0 Å². The molecule has 0 aliphatic carbocycles. The number of hydrogen-bond acceptors (Lipinski definition) is 2. The monoisotopic (exact) mass is 366 g/mol. The lowest BCUT2D eigenvalue weighted by molar-refractivity contribution is -0.173. The van der Waals surface area contributed by atoms with E-state index in [9.17, 15) is 27.2 Å². The Labute approximate surface area is 146 Å². The van der Waals surface area contributed by atoms with Gasteiger partial charge in [-0.25, -0.2) is 4.39 Å². The van der Waals surface area contributed by atoms with Crippen LogP contribution in [0.3, 0.4) is 0 Å². The molecule has 2 aromatic carbocycles. The second kappa shape index (κ2) is 8.28. The number of nitrogens with one attached hydrogen (secondary N) is 2. The minimum absolute atomic E-state index is 0.281. The maximum Gasteiger partial charge on any atom is 0.471 e. The Bertz CT molecular complexity index is 797. The van der Waals surface area contributed by atoms with Crippen molar-refractivity contribution in [3.05, 3.63) is 71.6 Å². The van der Waals surface area contributed by atoms with E-state index in [4.69, 9.17) is 0 Å². The smallest absolute Gasteiger partial charge is 0.344 e. The lowest BCUT2D eigenvalue weighted by atomic mass is 10.2. The van der Waals surface area contributed by atoms with Crippen LogP contribution in [0.5, 0.6) is 0 Å². The molecular formula is C18H14F4N2O2. The van der Waals surface area contributed by atoms with E-state index < -0.39 is 18.0 Å². The van der Waals surface area contributed by atoms with E-state index in [-0.39, 0.29) is 12.4 Å². The Balaban J connectivity index is 1.87. The van der Waals surface area contributed by atoms with Gasteiger partial charge in [0, 0.05) is 18.3 Å². The lowest BCUT2D eigenvalue weighted by Crippen LogP contribution is -2.36. The van der Waals surface area contributed by atoms with E-state index in [1.165, 1.54) is 60.7 Å². The van der Waals surface area contributed by atoms with Crippen LogP contribution < -0.4 is 10.6 Å². The normalized spacial score (nSPS) is 11.4. The van der Waals surface area contributed by atoms with Crippen molar-refractivity contribution in [2.45, 2.75) is 12.7 Å². The molecule has 0 heterocycles. The minimum Gasteiger partial charge on any atom is -0.344 e. The molecule has 0 bridgehead atoms. The minimum atomic E-state index is -4.93. The summed E-state index contributed by atoms with van der Waals surface area (Å²) in [6, 6.07) is 11.5. The molecule has 0 fully saturated rings. The van der Waals surface area contributed by atoms with Gasteiger partial charge in [-0.05, 0) is 41.5 Å². The summed E-state index contributed by atoms with van der Waals surface area (Å²) in [6.07, 6.45) is -2.15. The molecule has 0 aliphatic rings. The Morgan fingerprint density at radius 2 is 1.58 bits per heavy atom. The third kappa shape index (κ3) is 6.04. The standard InChI is InChI=1S/C18H14F4N2O2/c19-14-6-1-12(2-7-14)5-10-16(25)24-15-8-3-13(4-9-15)11-23-17(26)18(20,21)22/h1-10H,11H2,(H,23,26)(H,24,25)/b10-5+. The quantitative estimate of drug-likeness (QED) is 0.627. The highest BCUT2D eigenvalue weighted by Crippen LogP contribution is 2.15. The van der Waals surface area contributed by atoms with Crippen LogP contribution in [-0.2, 0) is 16.1 Å². The van der Waals surface area contributed by atoms with Gasteiger partial charge in [0.2, 0.25) is 5.91 Å². The maximum absolute atomic E-state index is 12.8. The summed E-state index contributed by atoms with van der Waals surface area (Å²) in [5.41, 5.74) is 1.53. The van der Waals surface area contributed by atoms with Gasteiger partial charge in [-0.1, -0.05) is 24.3 Å². The lowest BCUT2D eigenvalue weighted by Gasteiger charge is -2.08. The molecule has 2 aromatic rings. The molecule has 0 aromatic heterocycles. The van der Waals surface area contributed by atoms with Gasteiger partial charge in [0.15, 0.2) is 0 Å². The maximum atomic E-state index is 12.8. The summed E-state index contributed by atoms with van der Waals surface area (Å²) in [5, 5.41) is 4.33. The molecule has 0 aliphatic heterocycles. The van der Waals surface area contributed by atoms with Crippen LogP contribution in [0.1, 0.15) is 11.1 Å². The summed E-state index contributed by atoms with van der Waals surface area (Å²) < 4.78 is 49.1. The third-order valence-corrected chi connectivity index (χ3v) is 3.23. The van der Waals surface area contributed by atoms with Gasteiger partial charge in [-0.2, -0.15) is 13.2 Å². The van der Waals surface area contributed by atoms with Crippen molar-refractivity contribution in [1.82, 2.24) is 5.32 Å². The molecule has 0 spiro atoms. The molecule has 0 saturated heterocycles. The van der Waals surface area contributed by atoms with Crippen molar-refractivity contribution < 1.29 is 27.2 Å². The number of amides is 2. The van der Waals surface area contributed by atoms with Crippen molar-refractivity contribution >= 4 is 23.6 Å². The van der Waals surface area contributed by atoms with E-state index in [0.29, 0.717) is 16.8 Å². The topological polar surface area (TPSA) is 58.2 Å². The summed E-state index contributed by atoms with van der Waals surface area (Å²) >= 11 is 0. The first-order chi connectivity index (χ1) is 12.2. The predicted molar refractivity (Wildman–Crippen MR) is 88.4 cm³/mol. The highest BCUT2D eigenvalue weighted by atomic mass is 19.4. The van der Waals surface area contributed by atoms with Crippen LogP contribution >= 0.6 is 0 Å². The van der Waals surface area contributed by atoms with Crippen molar-refractivity contribution in [1.29, 1.82) is 0 Å². The zero-order valence-electron chi connectivity index (χ0n) is 13.3. The van der Waals surface area contributed by atoms with Gasteiger partial charge >= 0.3 is 12.1 Å². The molecule has 26 heavy (non-hydrogen) atoms. The molecule has 2 N–H and O–H groups in total. The van der Waals surface area contributed by atoms with Crippen molar-refractivity contribution in [2.24, 2.45) is 0 Å². The summed E-state index contributed by atoms with van der Waals surface area (Å²) in [6.45, 7) is -0.281. The molecule has 0 radical (unpaired) electrons. The average molecular weight is 366 g/mol. The molecule has 0 unspecified atom stereocenters. The van der Waals surface area contributed by atoms with Crippen LogP contribution in [0, 0.1) is 5.82 Å². The summed E-state index contributed by atoms with van der Waals surface area (Å²) in [5.74, 6) is -2.81. The first-order valence-corrected chi connectivity index (χ1v) is 7.42. The largest absolute Gasteiger partial charge is 0.471 e. The van der Waals surface area contributed by atoms with Crippen LogP contribution in [0.15, 0.2) is 54.6 Å². The second-order valence-electron chi connectivity index (χ2n) is 5.25. The molecule has 8 heteroatoms. The predicted octanol–water partition coefficient (Wildman–Crippen LogP) is 3.66. The van der Waals surface area contributed by atoms with Gasteiger partial charge in [0.25, 0.3) is 0 Å². The molecular weight excluding hydrogens is 352 g/mol. The summed E-state index contributed by atoms with van der Waals surface area (Å²) in [4.78, 5) is 22.5. The first kappa shape index (κ1) is 19.2. The fourth-order valence-corrected chi connectivity index (χ4v) is 1.92. The fraction of sp³-hybridized carbons (Fsp3) is 0.111. The van der Waals surface area contributed by atoms with Gasteiger partial charge in [-0.3, -0.25) is 9.59 Å². The molecule has 2 amide bonds. The van der Waals surface area contributed by atoms with Gasteiger partial charge in [0.1, 0.15) is 5.82 Å².